The maximum absolute atomic E-state index is 12.9. The zero-order chi connectivity index (χ0) is 21.8. The lowest BCUT2D eigenvalue weighted by molar-refractivity contribution is -0.154. The van der Waals surface area contributed by atoms with Crippen LogP contribution in [0.2, 0.25) is 5.02 Å². The average Bonchev–Trinajstić information content (AvgIpc) is 3.22. The Balaban J connectivity index is 1.65. The van der Waals surface area contributed by atoms with Crippen LogP contribution in [-0.4, -0.2) is 45.7 Å². The fourth-order valence-corrected chi connectivity index (χ4v) is 4.14. The van der Waals surface area contributed by atoms with Crippen molar-refractivity contribution in [3.8, 4) is 0 Å². The summed E-state index contributed by atoms with van der Waals surface area (Å²) < 4.78 is 0.908. The van der Waals surface area contributed by atoms with Gasteiger partial charge in [0.25, 0.3) is 11.8 Å². The Hall–Kier alpha value is -1.93. The number of hydrogen-bond acceptors (Lipinski definition) is 4. The zero-order valence-corrected chi connectivity index (χ0v) is 18.8. The topological polar surface area (TPSA) is 89.9 Å². The van der Waals surface area contributed by atoms with Gasteiger partial charge in [0.15, 0.2) is 12.2 Å². The molecule has 1 aliphatic rings. The Morgan fingerprint density at radius 1 is 1.17 bits per heavy atom. The molecule has 1 aliphatic heterocycles. The number of amides is 2. The minimum absolute atomic E-state index is 0.247. The molecule has 3 rings (SSSR count). The second-order valence-corrected chi connectivity index (χ2v) is 8.77. The minimum atomic E-state index is -1.86. The smallest absolute Gasteiger partial charge is 0.255 e. The van der Waals surface area contributed by atoms with Gasteiger partial charge >= 0.3 is 0 Å². The van der Waals surface area contributed by atoms with Crippen LogP contribution in [0.3, 0.4) is 0 Å². The number of aliphatic hydroxyl groups is 2. The van der Waals surface area contributed by atoms with Crippen LogP contribution in [0.4, 0.5) is 0 Å². The average molecular weight is 496 g/mol. The van der Waals surface area contributed by atoms with Crippen molar-refractivity contribution in [3.63, 3.8) is 0 Å². The standard InChI is InChI=1S/C22H24BrClN2O4/c1-13(14-7-9-16(23)10-8-14)25-21(29)19(27)20(28)22(30)26-11-3-6-18(26)15-4-2-5-17(24)12-15/h2,4-5,7-10,12-13,18-20,27-28H,3,6,11H2,1H3,(H,25,29). The lowest BCUT2D eigenvalue weighted by atomic mass is 10.0. The number of rotatable bonds is 6. The zero-order valence-electron chi connectivity index (χ0n) is 16.5. The van der Waals surface area contributed by atoms with Crippen LogP contribution >= 0.6 is 27.5 Å². The van der Waals surface area contributed by atoms with E-state index < -0.39 is 30.1 Å². The van der Waals surface area contributed by atoms with Crippen LogP contribution in [0.15, 0.2) is 53.0 Å². The van der Waals surface area contributed by atoms with Gasteiger partial charge in [0.2, 0.25) is 0 Å². The summed E-state index contributed by atoms with van der Waals surface area (Å²) in [7, 11) is 0. The third kappa shape index (κ3) is 5.21. The quantitative estimate of drug-likeness (QED) is 0.573. The largest absolute Gasteiger partial charge is 0.380 e. The second kappa shape index (κ2) is 9.92. The van der Waals surface area contributed by atoms with Crippen LogP contribution in [0.25, 0.3) is 0 Å². The second-order valence-electron chi connectivity index (χ2n) is 7.42. The minimum Gasteiger partial charge on any atom is -0.380 e. The van der Waals surface area contributed by atoms with Gasteiger partial charge in [-0.15, -0.1) is 0 Å². The number of carbonyl (C=O) groups excluding carboxylic acids is 2. The van der Waals surface area contributed by atoms with Crippen LogP contribution in [-0.2, 0) is 9.59 Å². The molecule has 1 saturated heterocycles. The van der Waals surface area contributed by atoms with E-state index in [0.717, 1.165) is 28.4 Å². The number of aliphatic hydroxyl groups excluding tert-OH is 2. The normalized spacial score (nSPS) is 19.2. The molecule has 4 atom stereocenters. The Morgan fingerprint density at radius 2 is 1.87 bits per heavy atom. The highest BCUT2D eigenvalue weighted by Crippen LogP contribution is 2.33. The summed E-state index contributed by atoms with van der Waals surface area (Å²) in [5.74, 6) is -1.47. The molecule has 0 aliphatic carbocycles. The third-order valence-corrected chi connectivity index (χ3v) is 6.08. The van der Waals surface area contributed by atoms with Gasteiger partial charge in [-0.25, -0.2) is 0 Å². The molecule has 1 heterocycles. The molecule has 0 aromatic heterocycles. The summed E-state index contributed by atoms with van der Waals surface area (Å²) in [6.45, 7) is 2.20. The molecule has 30 heavy (non-hydrogen) atoms. The van der Waals surface area contributed by atoms with Gasteiger partial charge in [0, 0.05) is 16.0 Å². The molecule has 1 fully saturated rings. The number of nitrogens with one attached hydrogen (secondary N) is 1. The Kier molecular flexibility index (Phi) is 7.52. The molecule has 6 nitrogen and oxygen atoms in total. The molecule has 2 amide bonds. The summed E-state index contributed by atoms with van der Waals surface area (Å²) in [6, 6.07) is 13.9. The van der Waals surface area contributed by atoms with Crippen molar-refractivity contribution in [3.05, 3.63) is 69.2 Å². The van der Waals surface area contributed by atoms with Crippen LogP contribution < -0.4 is 5.32 Å². The highest BCUT2D eigenvalue weighted by molar-refractivity contribution is 9.10. The molecule has 4 unspecified atom stereocenters. The summed E-state index contributed by atoms with van der Waals surface area (Å²) in [4.78, 5) is 26.8. The van der Waals surface area contributed by atoms with Crippen molar-refractivity contribution in [1.29, 1.82) is 0 Å². The van der Waals surface area contributed by atoms with Crippen molar-refractivity contribution < 1.29 is 19.8 Å². The third-order valence-electron chi connectivity index (χ3n) is 5.32. The summed E-state index contributed by atoms with van der Waals surface area (Å²) in [6.07, 6.45) is -2.22. The Bertz CT molecular complexity index is 908. The molecular formula is C22H24BrClN2O4. The SMILES string of the molecule is CC(NC(=O)C(O)C(O)C(=O)N1CCCC1c1cccc(Cl)c1)c1ccc(Br)cc1. The first kappa shape index (κ1) is 22.7. The van der Waals surface area contributed by atoms with Crippen molar-refractivity contribution in [2.75, 3.05) is 6.54 Å². The highest BCUT2D eigenvalue weighted by atomic mass is 79.9. The molecular weight excluding hydrogens is 472 g/mol. The van der Waals surface area contributed by atoms with E-state index in [9.17, 15) is 19.8 Å². The monoisotopic (exact) mass is 494 g/mol. The van der Waals surface area contributed by atoms with E-state index >= 15 is 0 Å². The van der Waals surface area contributed by atoms with Gasteiger partial charge in [-0.3, -0.25) is 9.59 Å². The first-order valence-corrected chi connectivity index (χ1v) is 10.9. The van der Waals surface area contributed by atoms with E-state index in [1.165, 1.54) is 4.90 Å². The van der Waals surface area contributed by atoms with E-state index in [1.54, 1.807) is 25.1 Å². The van der Waals surface area contributed by atoms with Crippen LogP contribution in [0.1, 0.15) is 43.0 Å². The molecule has 8 heteroatoms. The first-order chi connectivity index (χ1) is 14.3. The Labute approximate surface area is 189 Å². The molecule has 0 bridgehead atoms. The highest BCUT2D eigenvalue weighted by Gasteiger charge is 2.38. The van der Waals surface area contributed by atoms with Gasteiger partial charge in [-0.2, -0.15) is 0 Å². The predicted octanol–water partition coefficient (Wildman–Crippen LogP) is 3.37. The molecule has 0 spiro atoms. The van der Waals surface area contributed by atoms with Crippen LogP contribution in [0, 0.1) is 0 Å². The lowest BCUT2D eigenvalue weighted by Gasteiger charge is -2.29. The van der Waals surface area contributed by atoms with Crippen molar-refractivity contribution in [1.82, 2.24) is 10.2 Å². The molecule has 0 radical (unpaired) electrons. The van der Waals surface area contributed by atoms with E-state index in [0.29, 0.717) is 11.6 Å². The van der Waals surface area contributed by atoms with E-state index in [4.69, 9.17) is 11.6 Å². The molecule has 3 N–H and O–H groups in total. The van der Waals surface area contributed by atoms with Crippen LogP contribution in [0.5, 0.6) is 0 Å². The number of likely N-dealkylation sites (tertiary alicyclic amines) is 1. The number of hydrogen-bond donors (Lipinski definition) is 3. The molecule has 2 aromatic carbocycles. The fourth-order valence-electron chi connectivity index (χ4n) is 3.67. The van der Waals surface area contributed by atoms with Gasteiger partial charge in [-0.1, -0.05) is 51.8 Å². The number of halogens is 2. The van der Waals surface area contributed by atoms with Crippen molar-refractivity contribution >= 4 is 39.3 Å². The van der Waals surface area contributed by atoms with Crippen molar-refractivity contribution in [2.45, 2.75) is 44.1 Å². The lowest BCUT2D eigenvalue weighted by Crippen LogP contribution is -2.50. The molecule has 160 valence electrons. The van der Waals surface area contributed by atoms with Crippen molar-refractivity contribution in [2.24, 2.45) is 0 Å². The van der Waals surface area contributed by atoms with Gasteiger partial charge in [0.1, 0.15) is 0 Å². The van der Waals surface area contributed by atoms with E-state index in [1.807, 2.05) is 30.3 Å². The molecule has 2 aromatic rings. The first-order valence-electron chi connectivity index (χ1n) is 9.76. The van der Waals surface area contributed by atoms with E-state index in [-0.39, 0.29) is 6.04 Å². The summed E-state index contributed by atoms with van der Waals surface area (Å²) in [5, 5.41) is 23.9. The fraction of sp³-hybridized carbons (Fsp3) is 0.364. The van der Waals surface area contributed by atoms with Gasteiger partial charge < -0.3 is 20.4 Å². The number of benzene rings is 2. The summed E-state index contributed by atoms with van der Waals surface area (Å²) in [5.41, 5.74) is 1.70. The maximum atomic E-state index is 12.9. The number of carbonyl (C=O) groups is 2. The maximum Gasteiger partial charge on any atom is 0.255 e. The van der Waals surface area contributed by atoms with E-state index in [2.05, 4.69) is 21.2 Å². The Morgan fingerprint density at radius 3 is 2.53 bits per heavy atom. The molecule has 0 saturated carbocycles. The number of nitrogens with zero attached hydrogens (tertiary/aromatic N) is 1. The predicted molar refractivity (Wildman–Crippen MR) is 118 cm³/mol. The summed E-state index contributed by atoms with van der Waals surface area (Å²) >= 11 is 9.42. The van der Waals surface area contributed by atoms with Gasteiger partial charge in [-0.05, 0) is 55.2 Å². The van der Waals surface area contributed by atoms with Gasteiger partial charge in [0.05, 0.1) is 12.1 Å².